The third-order valence-corrected chi connectivity index (χ3v) is 5.07. The lowest BCUT2D eigenvalue weighted by Crippen LogP contribution is -2.43. The topological polar surface area (TPSA) is 40.5 Å². The molecule has 0 aromatic heterocycles. The molecular weight excluding hydrogens is 262 g/mol. The van der Waals surface area contributed by atoms with Crippen molar-refractivity contribution >= 4 is 5.97 Å². The average Bonchev–Trinajstić information content (AvgIpc) is 2.85. The Kier molecular flexibility index (Phi) is 4.59. The molecule has 0 bridgehead atoms. The van der Waals surface area contributed by atoms with Gasteiger partial charge in [-0.2, -0.15) is 0 Å². The Morgan fingerprint density at radius 3 is 2.71 bits per heavy atom. The van der Waals surface area contributed by atoms with Gasteiger partial charge in [-0.1, -0.05) is 43.5 Å². The van der Waals surface area contributed by atoms with Gasteiger partial charge in [0.2, 0.25) is 0 Å². The van der Waals surface area contributed by atoms with E-state index in [1.54, 1.807) is 0 Å². The lowest BCUT2D eigenvalue weighted by Gasteiger charge is -2.35. The molecule has 2 atom stereocenters. The van der Waals surface area contributed by atoms with Crippen molar-refractivity contribution in [3.05, 3.63) is 35.4 Å². The molecule has 1 saturated heterocycles. The summed E-state index contributed by atoms with van der Waals surface area (Å²) in [4.78, 5) is 14.0. The quantitative estimate of drug-likeness (QED) is 0.841. The van der Waals surface area contributed by atoms with Gasteiger partial charge in [-0.25, -0.2) is 0 Å². The van der Waals surface area contributed by atoms with Crippen LogP contribution in [0, 0.1) is 0 Å². The molecule has 1 aromatic rings. The van der Waals surface area contributed by atoms with E-state index in [0.717, 1.165) is 45.1 Å². The van der Waals surface area contributed by atoms with E-state index in [2.05, 4.69) is 29.2 Å². The second kappa shape index (κ2) is 6.61. The van der Waals surface area contributed by atoms with Crippen LogP contribution in [0.4, 0.5) is 0 Å². The number of hydrogen-bond acceptors (Lipinski definition) is 2. The van der Waals surface area contributed by atoms with Crippen LogP contribution in [0.15, 0.2) is 24.3 Å². The molecule has 0 amide bonds. The number of hydrogen-bond donors (Lipinski definition) is 1. The number of carbonyl (C=O) groups is 1. The monoisotopic (exact) mass is 287 g/mol. The molecule has 2 unspecified atom stereocenters. The van der Waals surface area contributed by atoms with Crippen LogP contribution in [-0.2, 0) is 11.2 Å². The number of benzene rings is 1. The van der Waals surface area contributed by atoms with Crippen LogP contribution >= 0.6 is 0 Å². The van der Waals surface area contributed by atoms with Crippen molar-refractivity contribution < 1.29 is 9.90 Å². The second-order valence-corrected chi connectivity index (χ2v) is 6.40. The fourth-order valence-corrected chi connectivity index (χ4v) is 4.01. The number of nitrogens with zero attached hydrogens (tertiary/aromatic N) is 1. The predicted octanol–water partition coefficient (Wildman–Crippen LogP) is 3.78. The van der Waals surface area contributed by atoms with Gasteiger partial charge in [0.1, 0.15) is 6.04 Å². The maximum atomic E-state index is 11.7. The Balaban J connectivity index is 1.94. The van der Waals surface area contributed by atoms with Crippen LogP contribution in [0.1, 0.15) is 62.1 Å². The molecule has 1 fully saturated rings. The molecule has 1 N–H and O–H groups in total. The summed E-state index contributed by atoms with van der Waals surface area (Å²) >= 11 is 0. The first-order valence-electron chi connectivity index (χ1n) is 8.34. The zero-order valence-electron chi connectivity index (χ0n) is 12.6. The maximum Gasteiger partial charge on any atom is 0.320 e. The van der Waals surface area contributed by atoms with Crippen molar-refractivity contribution in [2.24, 2.45) is 0 Å². The number of aryl methyl sites for hydroxylation is 1. The van der Waals surface area contributed by atoms with Gasteiger partial charge in [0.15, 0.2) is 0 Å². The number of aliphatic carboxylic acids is 1. The van der Waals surface area contributed by atoms with Gasteiger partial charge in [0, 0.05) is 6.04 Å². The first-order chi connectivity index (χ1) is 10.3. The molecule has 1 aromatic carbocycles. The van der Waals surface area contributed by atoms with Crippen LogP contribution in [0.3, 0.4) is 0 Å². The third kappa shape index (κ3) is 3.13. The highest BCUT2D eigenvalue weighted by molar-refractivity contribution is 5.73. The third-order valence-electron chi connectivity index (χ3n) is 5.07. The summed E-state index contributed by atoms with van der Waals surface area (Å²) in [5, 5.41) is 9.64. The van der Waals surface area contributed by atoms with Gasteiger partial charge in [0.25, 0.3) is 0 Å². The van der Waals surface area contributed by atoms with Gasteiger partial charge >= 0.3 is 5.97 Å². The molecule has 2 aliphatic rings. The molecule has 0 saturated carbocycles. The molecular formula is C18H25NO2. The van der Waals surface area contributed by atoms with E-state index >= 15 is 0 Å². The molecule has 3 rings (SSSR count). The molecule has 1 aliphatic heterocycles. The summed E-state index contributed by atoms with van der Waals surface area (Å²) in [5.41, 5.74) is 2.80. The van der Waals surface area contributed by atoms with E-state index in [0.29, 0.717) is 6.04 Å². The number of likely N-dealkylation sites (tertiary alicyclic amines) is 1. The van der Waals surface area contributed by atoms with E-state index in [9.17, 15) is 9.90 Å². The Bertz CT molecular complexity index is 500. The normalized spacial score (nSPS) is 27.4. The minimum atomic E-state index is -0.640. The van der Waals surface area contributed by atoms with E-state index < -0.39 is 5.97 Å². The predicted molar refractivity (Wildman–Crippen MR) is 83.3 cm³/mol. The van der Waals surface area contributed by atoms with Crippen molar-refractivity contribution in [3.63, 3.8) is 0 Å². The van der Waals surface area contributed by atoms with Crippen molar-refractivity contribution in [1.82, 2.24) is 4.90 Å². The second-order valence-electron chi connectivity index (χ2n) is 6.40. The lowest BCUT2D eigenvalue weighted by molar-refractivity contribution is -0.144. The van der Waals surface area contributed by atoms with Crippen LogP contribution in [0.5, 0.6) is 0 Å². The van der Waals surface area contributed by atoms with Gasteiger partial charge < -0.3 is 5.11 Å². The smallest absolute Gasteiger partial charge is 0.320 e. The van der Waals surface area contributed by atoms with Gasteiger partial charge in [-0.15, -0.1) is 0 Å². The number of fused-ring (bicyclic) bond motifs is 1. The lowest BCUT2D eigenvalue weighted by atomic mass is 9.96. The van der Waals surface area contributed by atoms with Crippen LogP contribution in [0.2, 0.25) is 0 Å². The van der Waals surface area contributed by atoms with Crippen molar-refractivity contribution in [2.75, 3.05) is 6.54 Å². The SMILES string of the molecule is O=C(O)C1CCCCCN1C1CCCCc2ccccc21. The minimum Gasteiger partial charge on any atom is -0.480 e. The highest BCUT2D eigenvalue weighted by Crippen LogP contribution is 2.36. The van der Waals surface area contributed by atoms with E-state index in [1.165, 1.54) is 24.0 Å². The fraction of sp³-hybridized carbons (Fsp3) is 0.611. The Morgan fingerprint density at radius 1 is 1.05 bits per heavy atom. The van der Waals surface area contributed by atoms with E-state index in [4.69, 9.17) is 0 Å². The molecule has 3 heteroatoms. The van der Waals surface area contributed by atoms with E-state index in [1.807, 2.05) is 0 Å². The van der Waals surface area contributed by atoms with Gasteiger partial charge in [-0.3, -0.25) is 9.69 Å². The molecule has 3 nitrogen and oxygen atoms in total. The van der Waals surface area contributed by atoms with Crippen LogP contribution in [0.25, 0.3) is 0 Å². The first kappa shape index (κ1) is 14.6. The zero-order chi connectivity index (χ0) is 14.7. The molecule has 1 aliphatic carbocycles. The highest BCUT2D eigenvalue weighted by atomic mass is 16.4. The Labute approximate surface area is 127 Å². The van der Waals surface area contributed by atoms with Crippen molar-refractivity contribution in [1.29, 1.82) is 0 Å². The Morgan fingerprint density at radius 2 is 1.86 bits per heavy atom. The van der Waals surface area contributed by atoms with Crippen molar-refractivity contribution in [3.8, 4) is 0 Å². The maximum absolute atomic E-state index is 11.7. The molecule has 0 radical (unpaired) electrons. The summed E-state index contributed by atoms with van der Waals surface area (Å²) in [5.74, 6) is -0.640. The van der Waals surface area contributed by atoms with Gasteiger partial charge in [-0.05, 0) is 49.8 Å². The number of rotatable bonds is 2. The van der Waals surface area contributed by atoms with Gasteiger partial charge in [0.05, 0.1) is 0 Å². The highest BCUT2D eigenvalue weighted by Gasteiger charge is 2.34. The summed E-state index contributed by atoms with van der Waals surface area (Å²) in [7, 11) is 0. The molecule has 1 heterocycles. The Hall–Kier alpha value is -1.35. The molecule has 114 valence electrons. The standard InChI is InChI=1S/C18H25NO2/c20-18(21)17-12-2-1-7-13-19(17)16-11-6-4-9-14-8-3-5-10-15(14)16/h3,5,8,10,16-17H,1-2,4,6-7,9,11-13H2,(H,20,21). The number of carboxylic acids is 1. The summed E-state index contributed by atoms with van der Waals surface area (Å²) < 4.78 is 0. The molecule has 21 heavy (non-hydrogen) atoms. The summed E-state index contributed by atoms with van der Waals surface area (Å²) in [6, 6.07) is 8.64. The summed E-state index contributed by atoms with van der Waals surface area (Å²) in [6.45, 7) is 0.927. The van der Waals surface area contributed by atoms with E-state index in [-0.39, 0.29) is 6.04 Å². The number of carboxylic acid groups (broad SMARTS) is 1. The van der Waals surface area contributed by atoms with Crippen molar-refractivity contribution in [2.45, 2.75) is 63.5 Å². The average molecular weight is 287 g/mol. The first-order valence-corrected chi connectivity index (χ1v) is 8.34. The van der Waals surface area contributed by atoms with Crippen LogP contribution < -0.4 is 0 Å². The zero-order valence-corrected chi connectivity index (χ0v) is 12.6. The summed E-state index contributed by atoms with van der Waals surface area (Å²) in [6.07, 6.45) is 8.78. The largest absolute Gasteiger partial charge is 0.480 e. The fourth-order valence-electron chi connectivity index (χ4n) is 4.01. The molecule has 0 spiro atoms. The van der Waals surface area contributed by atoms with Crippen LogP contribution in [-0.4, -0.2) is 28.6 Å². The minimum absolute atomic E-state index is 0.294.